The van der Waals surface area contributed by atoms with Gasteiger partial charge in [-0.3, -0.25) is 14.5 Å². The predicted octanol–water partition coefficient (Wildman–Crippen LogP) is 5.81. The van der Waals surface area contributed by atoms with Gasteiger partial charge in [0.1, 0.15) is 0 Å². The molecule has 6 heteroatoms. The van der Waals surface area contributed by atoms with Crippen molar-refractivity contribution in [2.75, 3.05) is 6.61 Å². The maximum atomic E-state index is 12.9. The van der Waals surface area contributed by atoms with Crippen LogP contribution in [0.15, 0.2) is 47.4 Å². The van der Waals surface area contributed by atoms with Crippen LogP contribution >= 0.6 is 11.8 Å². The van der Waals surface area contributed by atoms with Gasteiger partial charge in [0.15, 0.2) is 11.5 Å². The summed E-state index contributed by atoms with van der Waals surface area (Å²) < 4.78 is 11.7. The number of benzene rings is 2. The Morgan fingerprint density at radius 3 is 2.57 bits per heavy atom. The molecule has 158 valence electrons. The summed E-state index contributed by atoms with van der Waals surface area (Å²) in [6.07, 6.45) is 2.70. The van der Waals surface area contributed by atoms with Crippen LogP contribution in [-0.2, 0) is 11.3 Å². The Kier molecular flexibility index (Phi) is 7.21. The molecule has 0 radical (unpaired) electrons. The molecule has 1 aliphatic heterocycles. The largest absolute Gasteiger partial charge is 0.490 e. The van der Waals surface area contributed by atoms with E-state index in [-0.39, 0.29) is 23.8 Å². The number of amides is 2. The van der Waals surface area contributed by atoms with Crippen LogP contribution in [0, 0.1) is 6.92 Å². The molecule has 1 atom stereocenters. The highest BCUT2D eigenvalue weighted by molar-refractivity contribution is 8.18. The lowest BCUT2D eigenvalue weighted by atomic mass is 10.1. The minimum atomic E-state index is -0.272. The highest BCUT2D eigenvalue weighted by Crippen LogP contribution is 2.36. The minimum absolute atomic E-state index is 0.0769. The predicted molar refractivity (Wildman–Crippen MR) is 121 cm³/mol. The van der Waals surface area contributed by atoms with Crippen molar-refractivity contribution in [1.82, 2.24) is 4.90 Å². The van der Waals surface area contributed by atoms with Gasteiger partial charge in [-0.25, -0.2) is 0 Å². The number of aryl methyl sites for hydroxylation is 1. The molecule has 1 aliphatic rings. The van der Waals surface area contributed by atoms with E-state index in [1.807, 2.05) is 63.2 Å². The van der Waals surface area contributed by atoms with Crippen molar-refractivity contribution in [2.24, 2.45) is 0 Å². The van der Waals surface area contributed by atoms with Gasteiger partial charge in [0.05, 0.1) is 24.2 Å². The molecular weight excluding hydrogens is 398 g/mol. The minimum Gasteiger partial charge on any atom is -0.490 e. The van der Waals surface area contributed by atoms with Crippen molar-refractivity contribution in [3.63, 3.8) is 0 Å². The average Bonchev–Trinajstić information content (AvgIpc) is 2.99. The Balaban J connectivity index is 1.82. The Bertz CT molecular complexity index is 969. The summed E-state index contributed by atoms with van der Waals surface area (Å²) in [6.45, 7) is 8.74. The number of ether oxygens (including phenoxy) is 2. The Labute approximate surface area is 182 Å². The SMILES string of the molecule is CCOc1cc(/C=C2\SC(=O)N(Cc3ccccc3C)C2=O)ccc1OC(C)CC. The Hall–Kier alpha value is -2.73. The summed E-state index contributed by atoms with van der Waals surface area (Å²) in [6, 6.07) is 13.3. The van der Waals surface area contributed by atoms with E-state index in [2.05, 4.69) is 6.92 Å². The molecule has 2 aromatic rings. The molecule has 1 heterocycles. The normalized spacial score (nSPS) is 16.3. The highest BCUT2D eigenvalue weighted by atomic mass is 32.2. The van der Waals surface area contributed by atoms with Gasteiger partial charge in [0, 0.05) is 0 Å². The van der Waals surface area contributed by atoms with Gasteiger partial charge in [-0.05, 0) is 73.9 Å². The first kappa shape index (κ1) is 22.0. The first-order valence-electron chi connectivity index (χ1n) is 10.2. The number of hydrogen-bond acceptors (Lipinski definition) is 5. The Morgan fingerprint density at radius 1 is 1.10 bits per heavy atom. The fourth-order valence-corrected chi connectivity index (χ4v) is 3.86. The molecule has 0 spiro atoms. The molecule has 0 aliphatic carbocycles. The van der Waals surface area contributed by atoms with E-state index in [9.17, 15) is 9.59 Å². The smallest absolute Gasteiger partial charge is 0.293 e. The number of thioether (sulfide) groups is 1. The summed E-state index contributed by atoms with van der Waals surface area (Å²) >= 11 is 0.966. The third kappa shape index (κ3) is 5.05. The molecule has 1 saturated heterocycles. The summed E-state index contributed by atoms with van der Waals surface area (Å²) in [7, 11) is 0. The van der Waals surface area contributed by atoms with Crippen molar-refractivity contribution in [3.05, 3.63) is 64.1 Å². The van der Waals surface area contributed by atoms with Crippen LogP contribution < -0.4 is 9.47 Å². The second-order valence-corrected chi connectivity index (χ2v) is 8.16. The van der Waals surface area contributed by atoms with Crippen molar-refractivity contribution in [1.29, 1.82) is 0 Å². The summed E-state index contributed by atoms with van der Waals surface area (Å²) in [4.78, 5) is 27.0. The molecule has 30 heavy (non-hydrogen) atoms. The van der Waals surface area contributed by atoms with Gasteiger partial charge in [0.2, 0.25) is 0 Å². The van der Waals surface area contributed by atoms with Crippen LogP contribution in [0.4, 0.5) is 4.79 Å². The zero-order chi connectivity index (χ0) is 21.7. The quantitative estimate of drug-likeness (QED) is 0.500. The van der Waals surface area contributed by atoms with E-state index < -0.39 is 0 Å². The first-order chi connectivity index (χ1) is 14.4. The number of carbonyl (C=O) groups excluding carboxylic acids is 2. The second-order valence-electron chi connectivity index (χ2n) is 7.17. The van der Waals surface area contributed by atoms with Gasteiger partial charge < -0.3 is 9.47 Å². The molecule has 1 fully saturated rings. The number of carbonyl (C=O) groups is 2. The third-order valence-corrected chi connectivity index (χ3v) is 5.84. The van der Waals surface area contributed by atoms with Crippen LogP contribution in [0.1, 0.15) is 43.9 Å². The lowest BCUT2D eigenvalue weighted by Crippen LogP contribution is -2.27. The maximum absolute atomic E-state index is 12.9. The van der Waals surface area contributed by atoms with Gasteiger partial charge >= 0.3 is 0 Å². The van der Waals surface area contributed by atoms with Crippen LogP contribution in [0.2, 0.25) is 0 Å². The molecule has 0 bridgehead atoms. The number of imide groups is 1. The molecule has 1 unspecified atom stereocenters. The fourth-order valence-electron chi connectivity index (χ4n) is 3.03. The number of rotatable bonds is 8. The lowest BCUT2D eigenvalue weighted by Gasteiger charge is -2.16. The zero-order valence-electron chi connectivity index (χ0n) is 17.8. The van der Waals surface area contributed by atoms with Crippen molar-refractivity contribution in [3.8, 4) is 11.5 Å². The standard InChI is InChI=1S/C24H27NO4S/c1-5-17(4)29-20-12-11-18(13-21(20)28-6-2)14-22-23(26)25(24(27)30-22)15-19-10-8-7-9-16(19)3/h7-14,17H,5-6,15H2,1-4H3/b22-14-. The Morgan fingerprint density at radius 2 is 1.87 bits per heavy atom. The van der Waals surface area contributed by atoms with Gasteiger partial charge in [-0.15, -0.1) is 0 Å². The van der Waals surface area contributed by atoms with E-state index in [0.717, 1.165) is 34.9 Å². The van der Waals surface area contributed by atoms with Crippen LogP contribution in [0.25, 0.3) is 6.08 Å². The molecule has 0 aromatic heterocycles. The van der Waals surface area contributed by atoms with Gasteiger partial charge in [0.25, 0.3) is 11.1 Å². The zero-order valence-corrected chi connectivity index (χ0v) is 18.6. The molecule has 3 rings (SSSR count). The van der Waals surface area contributed by atoms with E-state index in [1.54, 1.807) is 6.08 Å². The second kappa shape index (κ2) is 9.85. The van der Waals surface area contributed by atoms with E-state index in [0.29, 0.717) is 23.0 Å². The topological polar surface area (TPSA) is 55.8 Å². The van der Waals surface area contributed by atoms with Gasteiger partial charge in [-0.1, -0.05) is 37.3 Å². The highest BCUT2D eigenvalue weighted by Gasteiger charge is 2.35. The third-order valence-electron chi connectivity index (χ3n) is 4.93. The average molecular weight is 426 g/mol. The van der Waals surface area contributed by atoms with Gasteiger partial charge in [-0.2, -0.15) is 0 Å². The maximum Gasteiger partial charge on any atom is 0.293 e. The molecule has 2 aromatic carbocycles. The first-order valence-corrected chi connectivity index (χ1v) is 11.0. The molecular formula is C24H27NO4S. The fraction of sp³-hybridized carbons (Fsp3) is 0.333. The van der Waals surface area contributed by atoms with Crippen molar-refractivity contribution in [2.45, 2.75) is 46.8 Å². The van der Waals surface area contributed by atoms with Crippen molar-refractivity contribution < 1.29 is 19.1 Å². The molecule has 0 saturated carbocycles. The van der Waals surface area contributed by atoms with Crippen molar-refractivity contribution >= 4 is 29.0 Å². The summed E-state index contributed by atoms with van der Waals surface area (Å²) in [5, 5.41) is -0.253. The van der Waals surface area contributed by atoms with Crippen LogP contribution in [0.5, 0.6) is 11.5 Å². The summed E-state index contributed by atoms with van der Waals surface area (Å²) in [5.74, 6) is 1.04. The van der Waals surface area contributed by atoms with Crippen LogP contribution in [0.3, 0.4) is 0 Å². The monoisotopic (exact) mass is 425 g/mol. The molecule has 0 N–H and O–H groups in total. The molecule has 2 amide bonds. The number of hydrogen-bond donors (Lipinski definition) is 0. The lowest BCUT2D eigenvalue weighted by molar-refractivity contribution is -0.123. The van der Waals surface area contributed by atoms with E-state index in [4.69, 9.17) is 9.47 Å². The molecule has 5 nitrogen and oxygen atoms in total. The summed E-state index contributed by atoms with van der Waals surface area (Å²) in [5.41, 5.74) is 2.81. The number of nitrogens with zero attached hydrogens (tertiary/aromatic N) is 1. The van der Waals surface area contributed by atoms with Crippen LogP contribution in [-0.4, -0.2) is 28.8 Å². The van der Waals surface area contributed by atoms with E-state index >= 15 is 0 Å². The van der Waals surface area contributed by atoms with E-state index in [1.165, 1.54) is 4.90 Å².